The minimum absolute atomic E-state index is 0.263. The number of aryl methyl sites for hydroxylation is 1. The van der Waals surface area contributed by atoms with Crippen molar-refractivity contribution < 1.29 is 14.4 Å². The van der Waals surface area contributed by atoms with Crippen molar-refractivity contribution in [3.05, 3.63) is 36.2 Å². The third kappa shape index (κ3) is 5.37. The Morgan fingerprint density at radius 1 is 1.07 bits per heavy atom. The molecule has 2 N–H and O–H groups in total. The Morgan fingerprint density at radius 3 is 2.22 bits per heavy atom. The molecule has 0 spiro atoms. The number of nitrogens with one attached hydrogen (secondary N) is 1. The summed E-state index contributed by atoms with van der Waals surface area (Å²) in [5.74, 6) is 0.826. The molecule has 4 rings (SSSR count). The molecule has 1 aromatic carbocycles. The summed E-state index contributed by atoms with van der Waals surface area (Å²) in [7, 11) is 0. The van der Waals surface area contributed by atoms with Gasteiger partial charge in [-0.2, -0.15) is 4.98 Å². The van der Waals surface area contributed by atoms with Gasteiger partial charge in [-0.15, -0.1) is 0 Å². The zero-order chi connectivity index (χ0) is 19.1. The Bertz CT molecular complexity index is 861. The van der Waals surface area contributed by atoms with Crippen molar-refractivity contribution >= 4 is 22.6 Å². The Kier molecular flexibility index (Phi) is 6.54. The van der Waals surface area contributed by atoms with Crippen molar-refractivity contribution in [3.8, 4) is 22.0 Å². The molecule has 27 heavy (non-hydrogen) atoms. The topological polar surface area (TPSA) is 101 Å². The van der Waals surface area contributed by atoms with Gasteiger partial charge in [0.2, 0.25) is 11.7 Å². The summed E-state index contributed by atoms with van der Waals surface area (Å²) < 4.78 is 4.98. The van der Waals surface area contributed by atoms with E-state index in [1.165, 1.54) is 38.5 Å². The maximum absolute atomic E-state index is 10.8. The lowest BCUT2D eigenvalue weighted by molar-refractivity contribution is 0.209. The second-order valence-electron chi connectivity index (χ2n) is 6.25. The molecule has 3 aromatic rings. The van der Waals surface area contributed by atoms with Gasteiger partial charge < -0.3 is 9.63 Å². The molecule has 0 radical (unpaired) electrons. The number of hydrogen-bond acceptors (Lipinski definition) is 6. The number of amides is 1. The molecule has 1 aliphatic rings. The average Bonchev–Trinajstić information content (AvgIpc) is 3.30. The van der Waals surface area contributed by atoms with Gasteiger partial charge in [0, 0.05) is 12.5 Å². The lowest BCUT2D eigenvalue weighted by atomic mass is 10.0. The van der Waals surface area contributed by atoms with Gasteiger partial charge in [0.05, 0.1) is 5.69 Å². The summed E-state index contributed by atoms with van der Waals surface area (Å²) in [6.45, 7) is 1.69. The van der Waals surface area contributed by atoms with Crippen LogP contribution in [0.25, 0.3) is 22.0 Å². The van der Waals surface area contributed by atoms with E-state index >= 15 is 0 Å². The molecule has 1 saturated carbocycles. The first kappa shape index (κ1) is 19.0. The molecule has 7 nitrogen and oxygen atoms in total. The Hall–Kier alpha value is -2.74. The Morgan fingerprint density at radius 2 is 1.70 bits per heavy atom. The molecular formula is C19H22N4O3S. The fraction of sp³-hybridized carbons (Fsp3) is 0.368. The van der Waals surface area contributed by atoms with Crippen LogP contribution in [0.5, 0.6) is 0 Å². The van der Waals surface area contributed by atoms with E-state index in [-0.39, 0.29) is 5.13 Å². The molecular weight excluding hydrogens is 364 g/mol. The molecule has 0 unspecified atom stereocenters. The second-order valence-corrected chi connectivity index (χ2v) is 7.25. The first-order valence-electron chi connectivity index (χ1n) is 9.00. The number of nitrogens with zero attached hydrogens (tertiary/aromatic N) is 3. The maximum Gasteiger partial charge on any atom is 0.410 e. The fourth-order valence-corrected chi connectivity index (χ4v) is 3.76. The zero-order valence-electron chi connectivity index (χ0n) is 15.1. The molecule has 142 valence electrons. The highest BCUT2D eigenvalue weighted by Crippen LogP contribution is 2.37. The second kappa shape index (κ2) is 9.27. The summed E-state index contributed by atoms with van der Waals surface area (Å²) >= 11 is 1.16. The van der Waals surface area contributed by atoms with Crippen LogP contribution in [0.1, 0.15) is 44.4 Å². The van der Waals surface area contributed by atoms with Crippen LogP contribution in [0, 0.1) is 6.92 Å². The fourth-order valence-electron chi connectivity index (χ4n) is 2.86. The van der Waals surface area contributed by atoms with Crippen molar-refractivity contribution in [1.29, 1.82) is 0 Å². The molecule has 1 amide bonds. The van der Waals surface area contributed by atoms with Crippen LogP contribution >= 0.6 is 11.3 Å². The lowest BCUT2D eigenvalue weighted by Gasteiger charge is -2.05. The standard InChI is InChI=1S/C13H10N4O3S.C6H12/c1-7-14-11(17-20-7)10-9(8-5-3-2-4-6-8)15-12(21-10)16-13(18)19;1-2-4-6-5-3-1/h2-6H,1H3,(H,15,16)(H,18,19);1-6H2. The largest absolute Gasteiger partial charge is 0.465 e. The number of benzene rings is 1. The first-order valence-corrected chi connectivity index (χ1v) is 9.82. The van der Waals surface area contributed by atoms with Crippen LogP contribution in [0.2, 0.25) is 0 Å². The van der Waals surface area contributed by atoms with Crippen molar-refractivity contribution in [2.45, 2.75) is 45.4 Å². The zero-order valence-corrected chi connectivity index (χ0v) is 16.0. The number of carbonyl (C=O) groups is 1. The van der Waals surface area contributed by atoms with E-state index in [0.29, 0.717) is 22.3 Å². The summed E-state index contributed by atoms with van der Waals surface area (Å²) in [6, 6.07) is 9.42. The quantitative estimate of drug-likeness (QED) is 0.607. The molecule has 0 aliphatic heterocycles. The van der Waals surface area contributed by atoms with Crippen LogP contribution in [-0.2, 0) is 0 Å². The van der Waals surface area contributed by atoms with Crippen molar-refractivity contribution in [1.82, 2.24) is 15.1 Å². The van der Waals surface area contributed by atoms with Crippen molar-refractivity contribution in [3.63, 3.8) is 0 Å². The van der Waals surface area contributed by atoms with E-state index in [0.717, 1.165) is 16.9 Å². The molecule has 2 heterocycles. The van der Waals surface area contributed by atoms with E-state index in [4.69, 9.17) is 9.63 Å². The van der Waals surface area contributed by atoms with Gasteiger partial charge in [-0.1, -0.05) is 85.4 Å². The van der Waals surface area contributed by atoms with E-state index in [2.05, 4.69) is 20.4 Å². The third-order valence-corrected chi connectivity index (χ3v) is 5.09. The summed E-state index contributed by atoms with van der Waals surface area (Å²) in [5, 5.41) is 15.2. The van der Waals surface area contributed by atoms with E-state index in [9.17, 15) is 4.79 Å². The van der Waals surface area contributed by atoms with Crippen LogP contribution < -0.4 is 5.32 Å². The minimum atomic E-state index is -1.17. The average molecular weight is 386 g/mol. The third-order valence-electron chi connectivity index (χ3n) is 4.12. The Balaban J connectivity index is 0.000000299. The highest BCUT2D eigenvalue weighted by molar-refractivity contribution is 7.19. The van der Waals surface area contributed by atoms with Crippen LogP contribution in [0.4, 0.5) is 9.93 Å². The Labute approximate surface area is 161 Å². The van der Waals surface area contributed by atoms with Gasteiger partial charge >= 0.3 is 6.09 Å². The molecule has 0 saturated heterocycles. The summed E-state index contributed by atoms with van der Waals surface area (Å²) in [6.07, 6.45) is 7.83. The number of hydrogen-bond donors (Lipinski definition) is 2. The van der Waals surface area contributed by atoms with Gasteiger partial charge in [-0.25, -0.2) is 9.78 Å². The van der Waals surface area contributed by atoms with Crippen molar-refractivity contribution in [2.24, 2.45) is 0 Å². The molecule has 8 heteroatoms. The molecule has 1 aliphatic carbocycles. The number of carboxylic acid groups (broad SMARTS) is 1. The van der Waals surface area contributed by atoms with E-state index in [1.54, 1.807) is 6.92 Å². The summed E-state index contributed by atoms with van der Waals surface area (Å²) in [5.41, 5.74) is 1.47. The van der Waals surface area contributed by atoms with Crippen molar-refractivity contribution in [2.75, 3.05) is 5.32 Å². The van der Waals surface area contributed by atoms with Gasteiger partial charge in [-0.3, -0.25) is 5.32 Å². The molecule has 0 bridgehead atoms. The van der Waals surface area contributed by atoms with Gasteiger partial charge in [0.1, 0.15) is 4.88 Å². The van der Waals surface area contributed by atoms with Gasteiger partial charge in [-0.05, 0) is 0 Å². The molecule has 2 aromatic heterocycles. The maximum atomic E-state index is 10.8. The van der Waals surface area contributed by atoms with Crippen LogP contribution in [-0.4, -0.2) is 26.3 Å². The normalized spacial score (nSPS) is 13.5. The number of anilines is 1. The number of thiazole rings is 1. The number of aromatic nitrogens is 3. The SMILES string of the molecule is C1CCCCC1.Cc1nc(-c2sc(NC(=O)O)nc2-c2ccccc2)no1. The van der Waals surface area contributed by atoms with E-state index < -0.39 is 6.09 Å². The lowest BCUT2D eigenvalue weighted by Crippen LogP contribution is -2.06. The summed E-state index contributed by atoms with van der Waals surface area (Å²) in [4.78, 5) is 19.9. The minimum Gasteiger partial charge on any atom is -0.465 e. The van der Waals surface area contributed by atoms with Crippen LogP contribution in [0.15, 0.2) is 34.9 Å². The molecule has 0 atom stereocenters. The highest BCUT2D eigenvalue weighted by Gasteiger charge is 2.19. The predicted octanol–water partition coefficient (Wildman–Crippen LogP) is 5.60. The van der Waals surface area contributed by atoms with Gasteiger partial charge in [0.15, 0.2) is 5.13 Å². The van der Waals surface area contributed by atoms with Gasteiger partial charge in [0.25, 0.3) is 0 Å². The molecule has 1 fully saturated rings. The number of rotatable bonds is 3. The first-order chi connectivity index (χ1) is 13.1. The smallest absolute Gasteiger partial charge is 0.410 e. The predicted molar refractivity (Wildman–Crippen MR) is 105 cm³/mol. The monoisotopic (exact) mass is 386 g/mol. The van der Waals surface area contributed by atoms with E-state index in [1.807, 2.05) is 30.3 Å². The van der Waals surface area contributed by atoms with Crippen LogP contribution in [0.3, 0.4) is 0 Å². The highest BCUT2D eigenvalue weighted by atomic mass is 32.1.